The lowest BCUT2D eigenvalue weighted by atomic mass is 10.2. The molecule has 1 aromatic carbocycles. The summed E-state index contributed by atoms with van der Waals surface area (Å²) in [4.78, 5) is 14.9. The fourth-order valence-electron chi connectivity index (χ4n) is 1.67. The van der Waals surface area contributed by atoms with Crippen LogP contribution in [-0.4, -0.2) is 27.2 Å². The molecule has 0 unspecified atom stereocenters. The molecule has 0 saturated carbocycles. The van der Waals surface area contributed by atoms with Crippen LogP contribution in [-0.2, 0) is 11.0 Å². The molecule has 5 nitrogen and oxygen atoms in total. The van der Waals surface area contributed by atoms with E-state index in [0.717, 1.165) is 10.2 Å². The molecule has 1 aromatic heterocycles. The summed E-state index contributed by atoms with van der Waals surface area (Å²) < 4.78 is 8.61. The Labute approximate surface area is 138 Å². The predicted octanol–water partition coefficient (Wildman–Crippen LogP) is 3.36. The topological polar surface area (TPSA) is 64.3 Å². The molecule has 0 aliphatic heterocycles. The molecule has 0 bridgehead atoms. The Bertz CT molecular complexity index is 598. The highest BCUT2D eigenvalue weighted by Gasteiger charge is 2.13. The minimum Gasteiger partial charge on any atom is -0.492 e. The van der Waals surface area contributed by atoms with Gasteiger partial charge in [0.2, 0.25) is 0 Å². The number of ether oxygens (including phenoxy) is 1. The molecule has 106 valence electrons. The molecule has 0 spiro atoms. The number of carbonyl (C=O) groups is 1. The second kappa shape index (κ2) is 7.07. The monoisotopic (exact) mass is 450 g/mol. The van der Waals surface area contributed by atoms with E-state index in [-0.39, 0.29) is 5.69 Å². The first-order chi connectivity index (χ1) is 9.61. The van der Waals surface area contributed by atoms with Gasteiger partial charge in [-0.05, 0) is 33.6 Å². The summed E-state index contributed by atoms with van der Waals surface area (Å²) >= 11 is 5.52. The first-order valence-electron chi connectivity index (χ1n) is 5.84. The number of nitrogens with zero attached hydrogens (tertiary/aromatic N) is 2. The molecule has 0 amide bonds. The smallest absolute Gasteiger partial charge is 0.354 e. The van der Waals surface area contributed by atoms with Gasteiger partial charge in [-0.15, -0.1) is 0 Å². The number of benzene rings is 1. The van der Waals surface area contributed by atoms with Crippen LogP contribution in [0.3, 0.4) is 0 Å². The minimum atomic E-state index is -1.01. The van der Waals surface area contributed by atoms with Gasteiger partial charge >= 0.3 is 5.97 Å². The number of rotatable bonds is 6. The van der Waals surface area contributed by atoms with Crippen molar-refractivity contribution in [1.29, 1.82) is 0 Å². The van der Waals surface area contributed by atoms with Crippen molar-refractivity contribution in [2.24, 2.45) is 0 Å². The van der Waals surface area contributed by atoms with Crippen LogP contribution < -0.4 is 4.74 Å². The molecular formula is C13H12BrIN2O3. The number of aromatic nitrogens is 2. The third kappa shape index (κ3) is 3.72. The zero-order valence-corrected chi connectivity index (χ0v) is 14.2. The van der Waals surface area contributed by atoms with Crippen LogP contribution in [0.1, 0.15) is 16.1 Å². The first kappa shape index (κ1) is 15.3. The van der Waals surface area contributed by atoms with Crippen molar-refractivity contribution < 1.29 is 14.6 Å². The summed E-state index contributed by atoms with van der Waals surface area (Å²) in [5.74, 6) is -0.235. The molecule has 2 rings (SSSR count). The van der Waals surface area contributed by atoms with Gasteiger partial charge in [-0.3, -0.25) is 0 Å². The van der Waals surface area contributed by atoms with Gasteiger partial charge in [0.05, 0.1) is 12.7 Å². The van der Waals surface area contributed by atoms with Crippen molar-refractivity contribution in [3.8, 4) is 5.75 Å². The summed E-state index contributed by atoms with van der Waals surface area (Å²) in [6.45, 7) is 0.787. The summed E-state index contributed by atoms with van der Waals surface area (Å²) in [5.41, 5.74) is 1.38. The zero-order valence-electron chi connectivity index (χ0n) is 10.4. The highest BCUT2D eigenvalue weighted by Crippen LogP contribution is 2.15. The average Bonchev–Trinajstić information content (AvgIpc) is 2.81. The lowest BCUT2D eigenvalue weighted by Gasteiger charge is -2.09. The van der Waals surface area contributed by atoms with E-state index in [1.54, 1.807) is 4.57 Å². The maximum absolute atomic E-state index is 11.0. The number of carboxylic acids is 1. The molecule has 2 aromatic rings. The Balaban J connectivity index is 1.95. The van der Waals surface area contributed by atoms with Crippen molar-refractivity contribution in [2.75, 3.05) is 6.61 Å². The zero-order chi connectivity index (χ0) is 14.5. The number of aromatic carboxylic acids is 1. The van der Waals surface area contributed by atoms with E-state index in [2.05, 4.69) is 43.5 Å². The molecule has 1 heterocycles. The van der Waals surface area contributed by atoms with Crippen molar-refractivity contribution in [3.63, 3.8) is 0 Å². The highest BCUT2D eigenvalue weighted by atomic mass is 127. The van der Waals surface area contributed by atoms with Crippen molar-refractivity contribution in [3.05, 3.63) is 46.5 Å². The quantitative estimate of drug-likeness (QED) is 0.541. The lowest BCUT2D eigenvalue weighted by molar-refractivity contribution is 0.0683. The van der Waals surface area contributed by atoms with Gasteiger partial charge in [0.15, 0.2) is 4.73 Å². The van der Waals surface area contributed by atoms with E-state index in [9.17, 15) is 4.79 Å². The van der Waals surface area contributed by atoms with Crippen LogP contribution in [0.5, 0.6) is 5.75 Å². The number of halogens is 2. The number of alkyl halides is 1. The van der Waals surface area contributed by atoms with E-state index >= 15 is 0 Å². The first-order valence-corrected chi connectivity index (χ1v) is 8.15. The molecule has 0 aliphatic rings. The molecule has 7 heteroatoms. The average molecular weight is 451 g/mol. The Kier molecular flexibility index (Phi) is 5.41. The predicted molar refractivity (Wildman–Crippen MR) is 86.5 cm³/mol. The van der Waals surface area contributed by atoms with E-state index in [1.165, 1.54) is 11.8 Å². The number of carboxylic acid groups (broad SMARTS) is 1. The van der Waals surface area contributed by atoms with Crippen LogP contribution >= 0.6 is 38.5 Å². The lowest BCUT2D eigenvalue weighted by Crippen LogP contribution is -2.14. The summed E-state index contributed by atoms with van der Waals surface area (Å²) in [5, 5.41) is 9.03. The van der Waals surface area contributed by atoms with E-state index in [0.29, 0.717) is 17.9 Å². The van der Waals surface area contributed by atoms with Gasteiger partial charge in [0, 0.05) is 4.43 Å². The second-order valence-electron chi connectivity index (χ2n) is 4.00. The van der Waals surface area contributed by atoms with Gasteiger partial charge in [0.1, 0.15) is 18.1 Å². The molecule has 0 aliphatic carbocycles. The fraction of sp³-hybridized carbons (Fsp3) is 0.231. The van der Waals surface area contributed by atoms with Crippen molar-refractivity contribution in [2.45, 2.75) is 11.0 Å². The normalized spacial score (nSPS) is 10.5. The standard InChI is InChI=1S/C13H12BrIN2O3/c14-13-16-8-11(12(18)19)17(13)5-6-20-10-3-1-9(7-15)2-4-10/h1-4,8H,5-7H2,(H,18,19). The molecule has 20 heavy (non-hydrogen) atoms. The van der Waals surface area contributed by atoms with Crippen LogP contribution in [0, 0.1) is 0 Å². The van der Waals surface area contributed by atoms with E-state index in [1.807, 2.05) is 24.3 Å². The number of imidazole rings is 1. The third-order valence-corrected chi connectivity index (χ3v) is 4.20. The second-order valence-corrected chi connectivity index (χ2v) is 5.47. The number of hydrogen-bond acceptors (Lipinski definition) is 3. The molecular weight excluding hydrogens is 439 g/mol. The van der Waals surface area contributed by atoms with E-state index in [4.69, 9.17) is 9.84 Å². The molecule has 0 fully saturated rings. The Morgan fingerprint density at radius 1 is 1.40 bits per heavy atom. The van der Waals surface area contributed by atoms with E-state index < -0.39 is 5.97 Å². The molecule has 0 saturated heterocycles. The summed E-state index contributed by atoms with van der Waals surface area (Å²) in [6, 6.07) is 7.85. The highest BCUT2D eigenvalue weighted by molar-refractivity contribution is 14.1. The SMILES string of the molecule is O=C(O)c1cnc(Br)n1CCOc1ccc(CI)cc1. The minimum absolute atomic E-state index is 0.140. The van der Waals surface area contributed by atoms with Crippen molar-refractivity contribution in [1.82, 2.24) is 9.55 Å². The molecule has 1 N–H and O–H groups in total. The van der Waals surface area contributed by atoms with Crippen LogP contribution in [0.25, 0.3) is 0 Å². The molecule has 0 atom stereocenters. The Morgan fingerprint density at radius 2 is 2.10 bits per heavy atom. The van der Waals surface area contributed by atoms with Gasteiger partial charge in [-0.2, -0.15) is 0 Å². The van der Waals surface area contributed by atoms with Crippen LogP contribution in [0.15, 0.2) is 35.2 Å². The maximum atomic E-state index is 11.0. The Morgan fingerprint density at radius 3 is 2.70 bits per heavy atom. The van der Waals surface area contributed by atoms with Gasteiger partial charge < -0.3 is 14.4 Å². The summed E-state index contributed by atoms with van der Waals surface area (Å²) in [6.07, 6.45) is 1.32. The molecule has 0 radical (unpaired) electrons. The third-order valence-electron chi connectivity index (χ3n) is 2.69. The summed E-state index contributed by atoms with van der Waals surface area (Å²) in [7, 11) is 0. The fourth-order valence-corrected chi connectivity index (χ4v) is 2.65. The maximum Gasteiger partial charge on any atom is 0.354 e. The van der Waals surface area contributed by atoms with Crippen molar-refractivity contribution >= 4 is 44.5 Å². The number of hydrogen-bond donors (Lipinski definition) is 1. The van der Waals surface area contributed by atoms with Crippen LogP contribution in [0.4, 0.5) is 0 Å². The largest absolute Gasteiger partial charge is 0.492 e. The van der Waals surface area contributed by atoms with Gasteiger partial charge in [-0.25, -0.2) is 9.78 Å². The van der Waals surface area contributed by atoms with Gasteiger partial charge in [0.25, 0.3) is 0 Å². The van der Waals surface area contributed by atoms with Crippen LogP contribution in [0.2, 0.25) is 0 Å². The van der Waals surface area contributed by atoms with Gasteiger partial charge in [-0.1, -0.05) is 34.7 Å². The Hall–Kier alpha value is -1.09.